The van der Waals surface area contributed by atoms with E-state index in [1.807, 2.05) is 11.3 Å². The van der Waals surface area contributed by atoms with E-state index < -0.39 is 0 Å². The second-order valence-corrected chi connectivity index (χ2v) is 13.9. The Hall–Kier alpha value is -6.16. The Bertz CT molecular complexity index is 3090. The summed E-state index contributed by atoms with van der Waals surface area (Å²) in [6.07, 6.45) is 0. The molecule has 0 aliphatic rings. The van der Waals surface area contributed by atoms with Gasteiger partial charge in [0.25, 0.3) is 0 Å². The molecule has 3 aromatic heterocycles. The molecule has 3 heterocycles. The van der Waals surface area contributed by atoms with Gasteiger partial charge in [0, 0.05) is 58.7 Å². The lowest BCUT2D eigenvalue weighted by Crippen LogP contribution is -1.94. The number of thiophene rings is 1. The van der Waals surface area contributed by atoms with Gasteiger partial charge in [0.2, 0.25) is 0 Å². The predicted molar refractivity (Wildman–Crippen MR) is 211 cm³/mol. The van der Waals surface area contributed by atoms with Gasteiger partial charge in [-0.05, 0) is 77.0 Å². The summed E-state index contributed by atoms with van der Waals surface area (Å²) in [5.41, 5.74) is 9.82. The standard InChI is InChI=1S/C46H28N2S/c1-3-14-31(15-4-1)47-40-25-24-30(27-38(40)43-33-18-8-7-13-29(33)23-26-41(43)47)36-28-37-34-19-9-11-21-39(34)48(32-16-5-2-6-17-32)45(37)44-35-20-10-12-22-42(35)49-46(36)44/h1-28H. The number of aromatic nitrogens is 2. The molecule has 0 aliphatic carbocycles. The third-order valence-electron chi connectivity index (χ3n) is 10.3. The molecule has 0 amide bonds. The van der Waals surface area contributed by atoms with Crippen LogP contribution in [0.3, 0.4) is 0 Å². The monoisotopic (exact) mass is 640 g/mol. The van der Waals surface area contributed by atoms with Crippen molar-refractivity contribution in [3.8, 4) is 22.5 Å². The van der Waals surface area contributed by atoms with Crippen LogP contribution in [0.15, 0.2) is 170 Å². The van der Waals surface area contributed by atoms with Crippen LogP contribution in [0.1, 0.15) is 0 Å². The van der Waals surface area contributed by atoms with Gasteiger partial charge in [0.1, 0.15) is 0 Å². The first-order valence-electron chi connectivity index (χ1n) is 16.8. The molecule has 0 atom stereocenters. The van der Waals surface area contributed by atoms with Gasteiger partial charge in [-0.3, -0.25) is 0 Å². The molecule has 0 aliphatic heterocycles. The third-order valence-corrected chi connectivity index (χ3v) is 11.5. The first kappa shape index (κ1) is 26.9. The number of nitrogens with zero attached hydrogens (tertiary/aromatic N) is 2. The normalized spacial score (nSPS) is 12.1. The quantitative estimate of drug-likeness (QED) is 0.182. The van der Waals surface area contributed by atoms with E-state index in [0.717, 1.165) is 0 Å². The van der Waals surface area contributed by atoms with Gasteiger partial charge in [0.05, 0.1) is 22.1 Å². The average Bonchev–Trinajstić information content (AvgIpc) is 3.83. The van der Waals surface area contributed by atoms with Crippen LogP contribution in [0.4, 0.5) is 0 Å². The zero-order valence-corrected chi connectivity index (χ0v) is 27.3. The van der Waals surface area contributed by atoms with Crippen molar-refractivity contribution in [1.82, 2.24) is 9.13 Å². The topological polar surface area (TPSA) is 9.86 Å². The van der Waals surface area contributed by atoms with Crippen molar-refractivity contribution in [3.63, 3.8) is 0 Å². The van der Waals surface area contributed by atoms with Crippen LogP contribution in [-0.4, -0.2) is 9.13 Å². The van der Waals surface area contributed by atoms with E-state index in [4.69, 9.17) is 0 Å². The zero-order valence-electron chi connectivity index (χ0n) is 26.5. The van der Waals surface area contributed by atoms with Crippen molar-refractivity contribution >= 4 is 85.9 Å². The summed E-state index contributed by atoms with van der Waals surface area (Å²) < 4.78 is 7.53. The Morgan fingerprint density at radius 2 is 1.02 bits per heavy atom. The summed E-state index contributed by atoms with van der Waals surface area (Å²) in [4.78, 5) is 0. The lowest BCUT2D eigenvalue weighted by Gasteiger charge is -2.11. The Balaban J connectivity index is 1.30. The second kappa shape index (κ2) is 10.2. The van der Waals surface area contributed by atoms with E-state index in [-0.39, 0.29) is 0 Å². The number of para-hydroxylation sites is 3. The minimum Gasteiger partial charge on any atom is -0.309 e. The van der Waals surface area contributed by atoms with Crippen LogP contribution in [0.25, 0.3) is 97.1 Å². The van der Waals surface area contributed by atoms with Crippen molar-refractivity contribution in [2.75, 3.05) is 0 Å². The predicted octanol–water partition coefficient (Wildman–Crippen LogP) is 13.1. The fourth-order valence-electron chi connectivity index (χ4n) is 8.21. The van der Waals surface area contributed by atoms with Gasteiger partial charge < -0.3 is 9.13 Å². The van der Waals surface area contributed by atoms with Crippen molar-refractivity contribution in [3.05, 3.63) is 170 Å². The lowest BCUT2D eigenvalue weighted by molar-refractivity contribution is 1.18. The molecule has 2 nitrogen and oxygen atoms in total. The maximum Gasteiger partial charge on any atom is 0.0634 e. The zero-order chi connectivity index (χ0) is 32.1. The average molecular weight is 641 g/mol. The number of rotatable bonds is 3. The molecule has 11 aromatic rings. The highest BCUT2D eigenvalue weighted by atomic mass is 32.1. The van der Waals surface area contributed by atoms with E-state index in [9.17, 15) is 0 Å². The highest BCUT2D eigenvalue weighted by molar-refractivity contribution is 7.26. The van der Waals surface area contributed by atoms with Gasteiger partial charge in [0.15, 0.2) is 0 Å². The first-order chi connectivity index (χ1) is 24.3. The van der Waals surface area contributed by atoms with Gasteiger partial charge in [-0.25, -0.2) is 0 Å². The molecular weight excluding hydrogens is 613 g/mol. The largest absolute Gasteiger partial charge is 0.309 e. The molecule has 0 fully saturated rings. The molecule has 0 N–H and O–H groups in total. The minimum absolute atomic E-state index is 1.17. The summed E-state index contributed by atoms with van der Waals surface area (Å²) in [6.45, 7) is 0. The fraction of sp³-hybridized carbons (Fsp3) is 0. The van der Waals surface area contributed by atoms with E-state index in [1.165, 1.54) is 97.1 Å². The Morgan fingerprint density at radius 3 is 1.84 bits per heavy atom. The maximum absolute atomic E-state index is 2.47. The molecule has 0 saturated carbocycles. The molecule has 3 heteroatoms. The maximum atomic E-state index is 2.47. The third kappa shape index (κ3) is 3.76. The second-order valence-electron chi connectivity index (χ2n) is 12.9. The van der Waals surface area contributed by atoms with Crippen LogP contribution in [-0.2, 0) is 0 Å². The van der Waals surface area contributed by atoms with Gasteiger partial charge in [-0.1, -0.05) is 109 Å². The molecule has 49 heavy (non-hydrogen) atoms. The van der Waals surface area contributed by atoms with Crippen molar-refractivity contribution < 1.29 is 0 Å². The SMILES string of the molecule is c1ccc(-n2c3ccc(-c4cc5c6ccccc6n(-c6ccccc6)c5c5c4sc4ccccc45)cc3c3c4ccccc4ccc32)cc1. The fourth-order valence-corrected chi connectivity index (χ4v) is 9.45. The Kier molecular flexibility index (Phi) is 5.57. The summed E-state index contributed by atoms with van der Waals surface area (Å²) in [6, 6.07) is 62.3. The summed E-state index contributed by atoms with van der Waals surface area (Å²) >= 11 is 1.91. The molecular formula is C46H28N2S. The molecule has 0 unspecified atom stereocenters. The molecule has 11 rings (SSSR count). The molecule has 0 bridgehead atoms. The molecule has 0 radical (unpaired) electrons. The van der Waals surface area contributed by atoms with Crippen LogP contribution in [0, 0.1) is 0 Å². The summed E-state index contributed by atoms with van der Waals surface area (Å²) in [5, 5.41) is 10.3. The Labute approximate surface area is 286 Å². The van der Waals surface area contributed by atoms with E-state index in [1.54, 1.807) is 0 Å². The molecule has 8 aromatic carbocycles. The van der Waals surface area contributed by atoms with Crippen molar-refractivity contribution in [1.29, 1.82) is 0 Å². The van der Waals surface area contributed by atoms with Gasteiger partial charge in [-0.2, -0.15) is 0 Å². The van der Waals surface area contributed by atoms with E-state index >= 15 is 0 Å². The van der Waals surface area contributed by atoms with E-state index in [0.29, 0.717) is 0 Å². The van der Waals surface area contributed by atoms with Crippen molar-refractivity contribution in [2.45, 2.75) is 0 Å². The summed E-state index contributed by atoms with van der Waals surface area (Å²) in [5.74, 6) is 0. The number of fused-ring (bicyclic) bond motifs is 12. The van der Waals surface area contributed by atoms with Crippen LogP contribution >= 0.6 is 11.3 Å². The number of hydrogen-bond donors (Lipinski definition) is 0. The number of hydrogen-bond acceptors (Lipinski definition) is 1. The van der Waals surface area contributed by atoms with Crippen LogP contribution in [0.2, 0.25) is 0 Å². The lowest BCUT2D eigenvalue weighted by atomic mass is 9.97. The Morgan fingerprint density at radius 1 is 0.388 bits per heavy atom. The molecule has 0 spiro atoms. The van der Waals surface area contributed by atoms with Crippen molar-refractivity contribution in [2.24, 2.45) is 0 Å². The first-order valence-corrected chi connectivity index (χ1v) is 17.6. The minimum atomic E-state index is 1.17. The van der Waals surface area contributed by atoms with E-state index in [2.05, 4.69) is 179 Å². The van der Waals surface area contributed by atoms with Gasteiger partial charge >= 0.3 is 0 Å². The molecule has 0 saturated heterocycles. The highest BCUT2D eigenvalue weighted by Crippen LogP contribution is 2.48. The molecule has 228 valence electrons. The summed E-state index contributed by atoms with van der Waals surface area (Å²) in [7, 11) is 0. The van der Waals surface area contributed by atoms with Crippen LogP contribution in [0.5, 0.6) is 0 Å². The number of benzene rings is 8. The van der Waals surface area contributed by atoms with Crippen LogP contribution < -0.4 is 0 Å². The smallest absolute Gasteiger partial charge is 0.0634 e. The van der Waals surface area contributed by atoms with Gasteiger partial charge in [-0.15, -0.1) is 11.3 Å². The highest BCUT2D eigenvalue weighted by Gasteiger charge is 2.22.